The van der Waals surface area contributed by atoms with Crippen LogP contribution in [0.1, 0.15) is 40.0 Å². The summed E-state index contributed by atoms with van der Waals surface area (Å²) < 4.78 is 5.70. The average molecular weight is 307 g/mol. The monoisotopic (exact) mass is 306 g/mol. The van der Waals surface area contributed by atoms with Crippen molar-refractivity contribution in [2.75, 3.05) is 33.3 Å². The summed E-state index contributed by atoms with van der Waals surface area (Å²) in [5.74, 6) is 1.51. The number of hydrogen-bond donors (Lipinski definition) is 1. The number of halogens is 1. The zero-order chi connectivity index (χ0) is 14.3. The molecule has 1 aliphatic heterocycles. The molecule has 1 aliphatic rings. The largest absolute Gasteiger partial charge is 0.378 e. The highest BCUT2D eigenvalue weighted by Gasteiger charge is 2.25. The first-order valence-corrected chi connectivity index (χ1v) is 7.56. The van der Waals surface area contributed by atoms with Gasteiger partial charge in [0.15, 0.2) is 0 Å². The first kappa shape index (κ1) is 19.7. The van der Waals surface area contributed by atoms with E-state index in [0.717, 1.165) is 32.5 Å². The number of carbonyl (C=O) groups excluding carboxylic acids is 1. The van der Waals surface area contributed by atoms with Crippen LogP contribution in [-0.4, -0.2) is 50.2 Å². The number of rotatable bonds is 8. The second kappa shape index (κ2) is 10.4. The van der Waals surface area contributed by atoms with E-state index in [1.54, 1.807) is 0 Å². The highest BCUT2D eigenvalue weighted by Crippen LogP contribution is 2.16. The minimum Gasteiger partial charge on any atom is -0.378 e. The van der Waals surface area contributed by atoms with E-state index in [1.165, 1.54) is 0 Å². The minimum atomic E-state index is 0. The Labute approximate surface area is 130 Å². The van der Waals surface area contributed by atoms with E-state index in [-0.39, 0.29) is 24.4 Å². The van der Waals surface area contributed by atoms with E-state index >= 15 is 0 Å². The molecule has 1 fully saturated rings. The van der Waals surface area contributed by atoms with E-state index in [1.807, 2.05) is 11.9 Å². The normalized spacial score (nSPS) is 20.1. The fourth-order valence-corrected chi connectivity index (χ4v) is 2.75. The quantitative estimate of drug-likeness (QED) is 0.748. The van der Waals surface area contributed by atoms with Gasteiger partial charge in [-0.25, -0.2) is 0 Å². The van der Waals surface area contributed by atoms with Crippen molar-refractivity contribution in [1.29, 1.82) is 0 Å². The molecule has 1 saturated heterocycles. The standard InChI is InChI=1S/C15H30N2O2.ClH/c1-12(2)9-13(3)19-8-6-15(18)17-7-5-14(11-17)10-16-4;/h12-14,16H,5-11H2,1-4H3;1H. The summed E-state index contributed by atoms with van der Waals surface area (Å²) in [5.41, 5.74) is 0. The van der Waals surface area contributed by atoms with Gasteiger partial charge in [0, 0.05) is 13.1 Å². The Morgan fingerprint density at radius 2 is 2.10 bits per heavy atom. The van der Waals surface area contributed by atoms with Gasteiger partial charge in [-0.1, -0.05) is 13.8 Å². The third kappa shape index (κ3) is 7.46. The van der Waals surface area contributed by atoms with E-state index in [9.17, 15) is 4.79 Å². The summed E-state index contributed by atoms with van der Waals surface area (Å²) in [6.45, 7) is 9.84. The van der Waals surface area contributed by atoms with Gasteiger partial charge in [0.1, 0.15) is 0 Å². The topological polar surface area (TPSA) is 41.6 Å². The fraction of sp³-hybridized carbons (Fsp3) is 0.933. The summed E-state index contributed by atoms with van der Waals surface area (Å²) in [7, 11) is 1.97. The predicted octanol–water partition coefficient (Wildman–Crippen LogP) is 2.32. The number of nitrogens with one attached hydrogen (secondary N) is 1. The second-order valence-corrected chi connectivity index (χ2v) is 6.11. The number of ether oxygens (including phenoxy) is 1. The van der Waals surface area contributed by atoms with Crippen molar-refractivity contribution >= 4 is 18.3 Å². The molecule has 2 unspecified atom stereocenters. The molecular weight excluding hydrogens is 276 g/mol. The maximum absolute atomic E-state index is 12.0. The van der Waals surface area contributed by atoms with Crippen molar-refractivity contribution in [3.8, 4) is 0 Å². The number of likely N-dealkylation sites (tertiary alicyclic amines) is 1. The summed E-state index contributed by atoms with van der Waals surface area (Å²) in [5, 5.41) is 3.18. The third-order valence-corrected chi connectivity index (χ3v) is 3.65. The molecule has 0 saturated carbocycles. The molecule has 0 aromatic carbocycles. The average Bonchev–Trinajstić information content (AvgIpc) is 2.77. The maximum Gasteiger partial charge on any atom is 0.224 e. The molecule has 120 valence electrons. The van der Waals surface area contributed by atoms with Crippen LogP contribution in [0.25, 0.3) is 0 Å². The molecule has 0 aromatic heterocycles. The van der Waals surface area contributed by atoms with E-state index < -0.39 is 0 Å². The maximum atomic E-state index is 12.0. The Bertz CT molecular complexity index is 275. The molecule has 0 aromatic rings. The SMILES string of the molecule is CNCC1CCN(C(=O)CCOC(C)CC(C)C)C1.Cl. The Kier molecular flexibility index (Phi) is 10.2. The Morgan fingerprint density at radius 1 is 1.40 bits per heavy atom. The van der Waals surface area contributed by atoms with Crippen LogP contribution >= 0.6 is 12.4 Å². The molecule has 0 aliphatic carbocycles. The van der Waals surface area contributed by atoms with Crippen molar-refractivity contribution in [2.24, 2.45) is 11.8 Å². The third-order valence-electron chi connectivity index (χ3n) is 3.65. The molecule has 2 atom stereocenters. The Morgan fingerprint density at radius 3 is 2.70 bits per heavy atom. The summed E-state index contributed by atoms with van der Waals surface area (Å²) in [4.78, 5) is 14.0. The number of nitrogens with zero attached hydrogens (tertiary/aromatic N) is 1. The van der Waals surface area contributed by atoms with Crippen molar-refractivity contribution in [2.45, 2.75) is 46.1 Å². The minimum absolute atomic E-state index is 0. The smallest absolute Gasteiger partial charge is 0.224 e. The molecule has 0 radical (unpaired) electrons. The van der Waals surface area contributed by atoms with Gasteiger partial charge >= 0.3 is 0 Å². The van der Waals surface area contributed by atoms with Gasteiger partial charge in [0.05, 0.1) is 19.1 Å². The van der Waals surface area contributed by atoms with E-state index in [4.69, 9.17) is 4.74 Å². The van der Waals surface area contributed by atoms with Crippen molar-refractivity contribution in [1.82, 2.24) is 10.2 Å². The van der Waals surface area contributed by atoms with Gasteiger partial charge < -0.3 is 15.0 Å². The van der Waals surface area contributed by atoms with Gasteiger partial charge in [-0.15, -0.1) is 12.4 Å². The molecule has 5 heteroatoms. The van der Waals surface area contributed by atoms with E-state index in [0.29, 0.717) is 24.9 Å². The summed E-state index contributed by atoms with van der Waals surface area (Å²) >= 11 is 0. The van der Waals surface area contributed by atoms with Crippen LogP contribution in [0.3, 0.4) is 0 Å². The number of amides is 1. The first-order chi connectivity index (χ1) is 9.02. The molecule has 1 rings (SSSR count). The number of hydrogen-bond acceptors (Lipinski definition) is 3. The van der Waals surface area contributed by atoms with Crippen molar-refractivity contribution in [3.05, 3.63) is 0 Å². The lowest BCUT2D eigenvalue weighted by atomic mass is 10.1. The zero-order valence-electron chi connectivity index (χ0n) is 13.4. The van der Waals surface area contributed by atoms with Crippen LogP contribution in [-0.2, 0) is 9.53 Å². The van der Waals surface area contributed by atoms with Gasteiger partial charge in [0.2, 0.25) is 5.91 Å². The lowest BCUT2D eigenvalue weighted by molar-refractivity contribution is -0.131. The van der Waals surface area contributed by atoms with Crippen LogP contribution in [0.15, 0.2) is 0 Å². The first-order valence-electron chi connectivity index (χ1n) is 7.56. The summed E-state index contributed by atoms with van der Waals surface area (Å²) in [6.07, 6.45) is 2.96. The van der Waals surface area contributed by atoms with Gasteiger partial charge in [-0.2, -0.15) is 0 Å². The van der Waals surface area contributed by atoms with E-state index in [2.05, 4.69) is 26.1 Å². The molecule has 0 spiro atoms. The zero-order valence-corrected chi connectivity index (χ0v) is 14.2. The van der Waals surface area contributed by atoms with Gasteiger partial charge in [-0.3, -0.25) is 4.79 Å². The molecule has 1 heterocycles. The lowest BCUT2D eigenvalue weighted by Crippen LogP contribution is -2.31. The van der Waals surface area contributed by atoms with Gasteiger partial charge in [-0.05, 0) is 45.2 Å². The van der Waals surface area contributed by atoms with Crippen molar-refractivity contribution in [3.63, 3.8) is 0 Å². The van der Waals surface area contributed by atoms with Crippen LogP contribution in [0.2, 0.25) is 0 Å². The van der Waals surface area contributed by atoms with Crippen LogP contribution in [0.4, 0.5) is 0 Å². The molecule has 20 heavy (non-hydrogen) atoms. The fourth-order valence-electron chi connectivity index (χ4n) is 2.75. The molecular formula is C15H31ClN2O2. The highest BCUT2D eigenvalue weighted by atomic mass is 35.5. The van der Waals surface area contributed by atoms with Crippen LogP contribution in [0.5, 0.6) is 0 Å². The predicted molar refractivity (Wildman–Crippen MR) is 85.3 cm³/mol. The van der Waals surface area contributed by atoms with Crippen LogP contribution in [0, 0.1) is 11.8 Å². The molecule has 1 amide bonds. The summed E-state index contributed by atoms with van der Waals surface area (Å²) in [6, 6.07) is 0. The van der Waals surface area contributed by atoms with Gasteiger partial charge in [0.25, 0.3) is 0 Å². The Hall–Kier alpha value is -0.320. The molecule has 1 N–H and O–H groups in total. The Balaban J connectivity index is 0.00000361. The second-order valence-electron chi connectivity index (χ2n) is 6.11. The molecule has 0 bridgehead atoms. The number of carbonyl (C=O) groups is 1. The molecule has 4 nitrogen and oxygen atoms in total. The van der Waals surface area contributed by atoms with Crippen LogP contribution < -0.4 is 5.32 Å². The van der Waals surface area contributed by atoms with Crippen molar-refractivity contribution < 1.29 is 9.53 Å². The lowest BCUT2D eigenvalue weighted by Gasteiger charge is -2.18. The highest BCUT2D eigenvalue weighted by molar-refractivity contribution is 5.85.